The van der Waals surface area contributed by atoms with Crippen LogP contribution >= 0.6 is 11.6 Å². The van der Waals surface area contributed by atoms with E-state index in [1.807, 2.05) is 48.5 Å². The molecule has 0 saturated carbocycles. The lowest BCUT2D eigenvalue weighted by Gasteiger charge is -2.15. The van der Waals surface area contributed by atoms with Gasteiger partial charge >= 0.3 is 0 Å². The average molecular weight is 283 g/mol. The summed E-state index contributed by atoms with van der Waals surface area (Å²) in [5.41, 5.74) is 2.19. The van der Waals surface area contributed by atoms with Crippen LogP contribution in [0.1, 0.15) is 18.5 Å². The van der Waals surface area contributed by atoms with Crippen molar-refractivity contribution in [1.29, 1.82) is 0 Å². The lowest BCUT2D eigenvalue weighted by molar-refractivity contribution is 0.877. The van der Waals surface area contributed by atoms with Crippen molar-refractivity contribution in [2.45, 2.75) is 13.0 Å². The Bertz CT molecular complexity index is 722. The van der Waals surface area contributed by atoms with Gasteiger partial charge in [0.15, 0.2) is 0 Å². The zero-order valence-electron chi connectivity index (χ0n) is 11.2. The van der Waals surface area contributed by atoms with E-state index in [9.17, 15) is 0 Å². The van der Waals surface area contributed by atoms with Gasteiger partial charge in [0.25, 0.3) is 0 Å². The standard InChI is InChI=1S/C17H15ClN2/c1-12(13-6-9-15(18)10-7-13)19-17-11-8-14-4-2-3-5-16(14)20-17/h2-12H,1H3,(H,19,20). The zero-order chi connectivity index (χ0) is 13.9. The highest BCUT2D eigenvalue weighted by atomic mass is 35.5. The number of para-hydroxylation sites is 1. The van der Waals surface area contributed by atoms with E-state index in [2.05, 4.69) is 29.4 Å². The molecule has 0 saturated heterocycles. The summed E-state index contributed by atoms with van der Waals surface area (Å²) >= 11 is 5.91. The van der Waals surface area contributed by atoms with Crippen LogP contribution in [0.5, 0.6) is 0 Å². The Morgan fingerprint density at radius 3 is 2.50 bits per heavy atom. The van der Waals surface area contributed by atoms with Gasteiger partial charge in [-0.3, -0.25) is 0 Å². The van der Waals surface area contributed by atoms with Crippen LogP contribution < -0.4 is 5.32 Å². The summed E-state index contributed by atoms with van der Waals surface area (Å²) in [6.07, 6.45) is 0. The topological polar surface area (TPSA) is 24.9 Å². The number of nitrogens with zero attached hydrogens (tertiary/aromatic N) is 1. The summed E-state index contributed by atoms with van der Waals surface area (Å²) in [5, 5.41) is 5.32. The third-order valence-electron chi connectivity index (χ3n) is 3.33. The molecule has 0 spiro atoms. The summed E-state index contributed by atoms with van der Waals surface area (Å²) in [4.78, 5) is 4.62. The highest BCUT2D eigenvalue weighted by Crippen LogP contribution is 2.21. The van der Waals surface area contributed by atoms with E-state index in [1.54, 1.807) is 0 Å². The van der Waals surface area contributed by atoms with Gasteiger partial charge < -0.3 is 5.32 Å². The molecule has 100 valence electrons. The molecule has 3 aromatic rings. The lowest BCUT2D eigenvalue weighted by atomic mass is 10.1. The van der Waals surface area contributed by atoms with E-state index in [0.29, 0.717) is 0 Å². The number of anilines is 1. The van der Waals surface area contributed by atoms with Crippen molar-refractivity contribution in [2.24, 2.45) is 0 Å². The summed E-state index contributed by atoms with van der Waals surface area (Å²) < 4.78 is 0. The zero-order valence-corrected chi connectivity index (χ0v) is 11.9. The minimum atomic E-state index is 0.181. The minimum Gasteiger partial charge on any atom is -0.364 e. The molecule has 1 atom stereocenters. The molecule has 0 bridgehead atoms. The Morgan fingerprint density at radius 2 is 1.70 bits per heavy atom. The number of pyridine rings is 1. The van der Waals surface area contributed by atoms with Crippen molar-refractivity contribution < 1.29 is 0 Å². The summed E-state index contributed by atoms with van der Waals surface area (Å²) in [5.74, 6) is 0.881. The van der Waals surface area contributed by atoms with Gasteiger partial charge in [0.1, 0.15) is 5.82 Å². The molecule has 0 amide bonds. The summed E-state index contributed by atoms with van der Waals surface area (Å²) in [7, 11) is 0. The van der Waals surface area contributed by atoms with E-state index in [4.69, 9.17) is 11.6 Å². The summed E-state index contributed by atoms with van der Waals surface area (Å²) in [6, 6.07) is 20.3. The fraction of sp³-hybridized carbons (Fsp3) is 0.118. The van der Waals surface area contributed by atoms with Crippen molar-refractivity contribution in [3.63, 3.8) is 0 Å². The Hall–Kier alpha value is -2.06. The highest BCUT2D eigenvalue weighted by molar-refractivity contribution is 6.30. The molecule has 1 heterocycles. The molecule has 3 heteroatoms. The number of hydrogen-bond donors (Lipinski definition) is 1. The van der Waals surface area contributed by atoms with Gasteiger partial charge in [-0.15, -0.1) is 0 Å². The first-order valence-corrected chi connectivity index (χ1v) is 6.98. The smallest absolute Gasteiger partial charge is 0.127 e. The molecular weight excluding hydrogens is 268 g/mol. The highest BCUT2D eigenvalue weighted by Gasteiger charge is 2.06. The van der Waals surface area contributed by atoms with E-state index in [-0.39, 0.29) is 6.04 Å². The maximum Gasteiger partial charge on any atom is 0.127 e. The normalized spacial score (nSPS) is 12.3. The molecule has 1 N–H and O–H groups in total. The van der Waals surface area contributed by atoms with Gasteiger partial charge in [-0.2, -0.15) is 0 Å². The first kappa shape index (κ1) is 12.9. The molecule has 0 aliphatic rings. The molecule has 0 aliphatic carbocycles. The second kappa shape index (κ2) is 5.51. The van der Waals surface area contributed by atoms with Gasteiger partial charge in [0, 0.05) is 16.5 Å². The number of nitrogens with one attached hydrogen (secondary N) is 1. The van der Waals surface area contributed by atoms with E-state index in [1.165, 1.54) is 5.56 Å². The SMILES string of the molecule is CC(Nc1ccc2ccccc2n1)c1ccc(Cl)cc1. The number of hydrogen-bond acceptors (Lipinski definition) is 2. The maximum atomic E-state index is 5.91. The number of benzene rings is 2. The first-order chi connectivity index (χ1) is 9.72. The Kier molecular flexibility index (Phi) is 3.57. The van der Waals surface area contributed by atoms with Crippen LogP contribution in [0.2, 0.25) is 5.02 Å². The molecule has 0 fully saturated rings. The van der Waals surface area contributed by atoms with Crippen molar-refractivity contribution in [3.05, 3.63) is 71.2 Å². The maximum absolute atomic E-state index is 5.91. The van der Waals surface area contributed by atoms with Crippen molar-refractivity contribution in [1.82, 2.24) is 4.98 Å². The van der Waals surface area contributed by atoms with Crippen LogP contribution in [-0.4, -0.2) is 4.98 Å². The van der Waals surface area contributed by atoms with E-state index < -0.39 is 0 Å². The third kappa shape index (κ3) is 2.75. The fourth-order valence-electron chi connectivity index (χ4n) is 2.20. The van der Waals surface area contributed by atoms with Crippen LogP contribution in [0, 0.1) is 0 Å². The Morgan fingerprint density at radius 1 is 0.950 bits per heavy atom. The van der Waals surface area contributed by atoms with Crippen LogP contribution in [0.3, 0.4) is 0 Å². The van der Waals surface area contributed by atoms with Crippen LogP contribution in [0.15, 0.2) is 60.7 Å². The van der Waals surface area contributed by atoms with Gasteiger partial charge in [0.2, 0.25) is 0 Å². The predicted molar refractivity (Wildman–Crippen MR) is 85.2 cm³/mol. The Labute approximate surface area is 123 Å². The molecule has 2 nitrogen and oxygen atoms in total. The van der Waals surface area contributed by atoms with Gasteiger partial charge in [-0.05, 0) is 42.8 Å². The minimum absolute atomic E-state index is 0.181. The molecule has 20 heavy (non-hydrogen) atoms. The largest absolute Gasteiger partial charge is 0.364 e. The molecular formula is C17H15ClN2. The average Bonchev–Trinajstić information content (AvgIpc) is 2.48. The molecule has 1 aromatic heterocycles. The lowest BCUT2D eigenvalue weighted by Crippen LogP contribution is -2.07. The van der Waals surface area contributed by atoms with Gasteiger partial charge in [-0.1, -0.05) is 41.9 Å². The van der Waals surface area contributed by atoms with Crippen molar-refractivity contribution in [2.75, 3.05) is 5.32 Å². The molecule has 0 radical (unpaired) electrons. The van der Waals surface area contributed by atoms with Crippen LogP contribution in [0.4, 0.5) is 5.82 Å². The fourth-order valence-corrected chi connectivity index (χ4v) is 2.33. The molecule has 0 aliphatic heterocycles. The number of fused-ring (bicyclic) bond motifs is 1. The van der Waals surface area contributed by atoms with Gasteiger partial charge in [-0.25, -0.2) is 4.98 Å². The molecule has 2 aromatic carbocycles. The number of aromatic nitrogens is 1. The van der Waals surface area contributed by atoms with Crippen molar-refractivity contribution in [3.8, 4) is 0 Å². The predicted octanol–water partition coefficient (Wildman–Crippen LogP) is 5.06. The molecule has 3 rings (SSSR count). The first-order valence-electron chi connectivity index (χ1n) is 6.60. The monoisotopic (exact) mass is 282 g/mol. The second-order valence-electron chi connectivity index (χ2n) is 4.81. The number of rotatable bonds is 3. The quantitative estimate of drug-likeness (QED) is 0.726. The van der Waals surface area contributed by atoms with Crippen LogP contribution in [-0.2, 0) is 0 Å². The second-order valence-corrected chi connectivity index (χ2v) is 5.24. The molecule has 1 unspecified atom stereocenters. The summed E-state index contributed by atoms with van der Waals surface area (Å²) in [6.45, 7) is 2.11. The van der Waals surface area contributed by atoms with Gasteiger partial charge in [0.05, 0.1) is 5.52 Å². The number of halogens is 1. The third-order valence-corrected chi connectivity index (χ3v) is 3.58. The van der Waals surface area contributed by atoms with E-state index >= 15 is 0 Å². The van der Waals surface area contributed by atoms with E-state index in [0.717, 1.165) is 21.7 Å². The van der Waals surface area contributed by atoms with Crippen molar-refractivity contribution >= 4 is 28.3 Å². The van der Waals surface area contributed by atoms with Crippen LogP contribution in [0.25, 0.3) is 10.9 Å². The Balaban J connectivity index is 1.83.